The van der Waals surface area contributed by atoms with Crippen LogP contribution in [0.3, 0.4) is 0 Å². The summed E-state index contributed by atoms with van der Waals surface area (Å²) in [6.45, 7) is 14.8. The predicted octanol–water partition coefficient (Wildman–Crippen LogP) is 5.15. The largest absolute Gasteiger partial charge is 0.398 e. The summed E-state index contributed by atoms with van der Waals surface area (Å²) in [5.74, 6) is 0.482. The van der Waals surface area contributed by atoms with E-state index in [0.29, 0.717) is 5.92 Å². The maximum Gasteiger partial charge on any atom is 0.0393 e. The van der Waals surface area contributed by atoms with E-state index in [0.717, 1.165) is 18.5 Å². The molecule has 104 valence electrons. The van der Waals surface area contributed by atoms with Gasteiger partial charge in [-0.15, -0.1) is 0 Å². The zero-order chi connectivity index (χ0) is 14.6. The van der Waals surface area contributed by atoms with Gasteiger partial charge >= 0.3 is 0 Å². The smallest absolute Gasteiger partial charge is 0.0393 e. The number of hydrogen-bond donors (Lipinski definition) is 1. The van der Waals surface area contributed by atoms with E-state index < -0.39 is 0 Å². The van der Waals surface area contributed by atoms with Gasteiger partial charge in [-0.3, -0.25) is 0 Å². The lowest BCUT2D eigenvalue weighted by Crippen LogP contribution is -2.04. The van der Waals surface area contributed by atoms with Crippen molar-refractivity contribution in [1.82, 2.24) is 0 Å². The van der Waals surface area contributed by atoms with Crippen molar-refractivity contribution in [3.63, 3.8) is 0 Å². The molecule has 2 N–H and O–H groups in total. The molecule has 1 nitrogen and oxygen atoms in total. The molecular formula is C18H27N. The maximum atomic E-state index is 6.21. The first-order valence-corrected chi connectivity index (χ1v) is 7.11. The number of hydrogen-bond acceptors (Lipinski definition) is 1. The van der Waals surface area contributed by atoms with Gasteiger partial charge in [0.2, 0.25) is 0 Å². The molecular weight excluding hydrogens is 230 g/mol. The summed E-state index contributed by atoms with van der Waals surface area (Å²) in [6, 6.07) is 4.18. The highest BCUT2D eigenvalue weighted by Crippen LogP contribution is 2.33. The fraction of sp³-hybridized carbons (Fsp3) is 0.444. The van der Waals surface area contributed by atoms with Crippen LogP contribution in [-0.4, -0.2) is 0 Å². The number of anilines is 1. The summed E-state index contributed by atoms with van der Waals surface area (Å²) >= 11 is 0. The third-order valence-corrected chi connectivity index (χ3v) is 4.03. The molecule has 1 atom stereocenters. The highest BCUT2D eigenvalue weighted by Gasteiger charge is 2.14. The Hall–Kier alpha value is -1.50. The molecule has 0 aromatic heterocycles. The Bertz CT molecular complexity index is 495. The Morgan fingerprint density at radius 1 is 1.42 bits per heavy atom. The minimum Gasteiger partial charge on any atom is -0.398 e. The van der Waals surface area contributed by atoms with Crippen LogP contribution in [0.5, 0.6) is 0 Å². The third-order valence-electron chi connectivity index (χ3n) is 4.03. The van der Waals surface area contributed by atoms with Gasteiger partial charge in [-0.1, -0.05) is 38.1 Å². The first-order valence-electron chi connectivity index (χ1n) is 7.11. The predicted molar refractivity (Wildman–Crippen MR) is 87.2 cm³/mol. The molecule has 0 bridgehead atoms. The van der Waals surface area contributed by atoms with Gasteiger partial charge in [-0.25, -0.2) is 0 Å². The van der Waals surface area contributed by atoms with Crippen LogP contribution in [0.4, 0.5) is 5.69 Å². The van der Waals surface area contributed by atoms with Gasteiger partial charge in [0.05, 0.1) is 0 Å². The summed E-state index contributed by atoms with van der Waals surface area (Å²) in [7, 11) is 0. The second-order valence-electron chi connectivity index (χ2n) is 5.43. The summed E-state index contributed by atoms with van der Waals surface area (Å²) in [6.07, 6.45) is 4.24. The van der Waals surface area contributed by atoms with Gasteiger partial charge in [-0.2, -0.15) is 0 Å². The van der Waals surface area contributed by atoms with Crippen LogP contribution in [-0.2, 0) is 6.42 Å². The van der Waals surface area contributed by atoms with Gasteiger partial charge in [0, 0.05) is 11.3 Å². The summed E-state index contributed by atoms with van der Waals surface area (Å²) < 4.78 is 0. The quantitative estimate of drug-likeness (QED) is 0.573. The number of aryl methyl sites for hydroxylation is 1. The summed E-state index contributed by atoms with van der Waals surface area (Å²) in [4.78, 5) is 0. The minimum absolute atomic E-state index is 0.482. The lowest BCUT2D eigenvalue weighted by Gasteiger charge is -2.19. The van der Waals surface area contributed by atoms with Gasteiger partial charge in [0.15, 0.2) is 0 Å². The van der Waals surface area contributed by atoms with E-state index in [1.165, 1.54) is 27.8 Å². The molecule has 0 aliphatic rings. The summed E-state index contributed by atoms with van der Waals surface area (Å²) in [5, 5.41) is 0. The number of nitrogens with two attached hydrogens (primary N) is 1. The van der Waals surface area contributed by atoms with E-state index >= 15 is 0 Å². The van der Waals surface area contributed by atoms with Gasteiger partial charge in [0.1, 0.15) is 0 Å². The van der Waals surface area contributed by atoms with E-state index in [-0.39, 0.29) is 0 Å². The lowest BCUT2D eigenvalue weighted by atomic mass is 9.87. The van der Waals surface area contributed by atoms with E-state index in [2.05, 4.69) is 53.3 Å². The molecule has 1 aromatic rings. The van der Waals surface area contributed by atoms with Crippen LogP contribution >= 0.6 is 0 Å². The maximum absolute atomic E-state index is 6.21. The molecule has 0 spiro atoms. The van der Waals surface area contributed by atoms with Crippen molar-refractivity contribution in [2.75, 3.05) is 5.73 Å². The van der Waals surface area contributed by atoms with Crippen LogP contribution in [0.1, 0.15) is 50.8 Å². The van der Waals surface area contributed by atoms with Gasteiger partial charge in [-0.05, 0) is 62.3 Å². The molecule has 0 amide bonds. The van der Waals surface area contributed by atoms with Gasteiger partial charge < -0.3 is 5.73 Å². The fourth-order valence-electron chi connectivity index (χ4n) is 2.45. The van der Waals surface area contributed by atoms with Crippen molar-refractivity contribution in [3.8, 4) is 0 Å². The second-order valence-corrected chi connectivity index (χ2v) is 5.43. The van der Waals surface area contributed by atoms with Crippen molar-refractivity contribution in [2.45, 2.75) is 47.5 Å². The number of nitrogen functional groups attached to an aromatic ring is 1. The van der Waals surface area contributed by atoms with E-state index in [1.807, 2.05) is 6.07 Å². The monoisotopic (exact) mass is 257 g/mol. The average Bonchev–Trinajstić information content (AvgIpc) is 2.37. The lowest BCUT2D eigenvalue weighted by molar-refractivity contribution is 0.707. The Morgan fingerprint density at radius 2 is 2.05 bits per heavy atom. The molecule has 0 aliphatic heterocycles. The standard InChI is InChI=1S/C18H27N/c1-7-15-9-10-17(19)18(14(15)6)16(8-2)11-13(5)12(3)4/h8-10,13H,3,7,11,19H2,1-2,4-6H3/b16-8-. The Morgan fingerprint density at radius 3 is 2.53 bits per heavy atom. The molecule has 1 heteroatoms. The van der Waals surface area contributed by atoms with Crippen molar-refractivity contribution in [2.24, 2.45) is 5.92 Å². The molecule has 0 fully saturated rings. The fourth-order valence-corrected chi connectivity index (χ4v) is 2.45. The zero-order valence-electron chi connectivity index (χ0n) is 13.0. The molecule has 1 aromatic carbocycles. The van der Waals surface area contributed by atoms with Crippen molar-refractivity contribution < 1.29 is 0 Å². The first kappa shape index (κ1) is 15.6. The van der Waals surface area contributed by atoms with E-state index in [4.69, 9.17) is 5.73 Å². The Balaban J connectivity index is 3.23. The van der Waals surface area contributed by atoms with Crippen LogP contribution in [0.25, 0.3) is 5.57 Å². The molecule has 0 radical (unpaired) electrons. The van der Waals surface area contributed by atoms with Gasteiger partial charge in [0.25, 0.3) is 0 Å². The van der Waals surface area contributed by atoms with Crippen LogP contribution < -0.4 is 5.73 Å². The number of benzene rings is 1. The first-order chi connectivity index (χ1) is 8.92. The van der Waals surface area contributed by atoms with Crippen LogP contribution in [0.15, 0.2) is 30.4 Å². The van der Waals surface area contributed by atoms with Crippen molar-refractivity contribution in [1.29, 1.82) is 0 Å². The van der Waals surface area contributed by atoms with Crippen LogP contribution in [0.2, 0.25) is 0 Å². The van der Waals surface area contributed by atoms with Crippen LogP contribution in [0, 0.1) is 12.8 Å². The number of rotatable bonds is 5. The molecule has 19 heavy (non-hydrogen) atoms. The average molecular weight is 257 g/mol. The van der Waals surface area contributed by atoms with Crippen molar-refractivity contribution in [3.05, 3.63) is 47.1 Å². The third kappa shape index (κ3) is 3.50. The topological polar surface area (TPSA) is 26.0 Å². The SMILES string of the molecule is C=C(C)C(C)C/C(=C/C)c1c(N)ccc(CC)c1C. The minimum atomic E-state index is 0.482. The van der Waals surface area contributed by atoms with E-state index in [9.17, 15) is 0 Å². The molecule has 1 rings (SSSR count). The second kappa shape index (κ2) is 6.60. The van der Waals surface area contributed by atoms with E-state index in [1.54, 1.807) is 0 Å². The highest BCUT2D eigenvalue weighted by molar-refractivity contribution is 5.78. The number of allylic oxidation sites excluding steroid dienone is 3. The molecule has 0 saturated heterocycles. The highest BCUT2D eigenvalue weighted by atomic mass is 14.6. The van der Waals surface area contributed by atoms with Crippen molar-refractivity contribution >= 4 is 11.3 Å². The molecule has 0 aliphatic carbocycles. The molecule has 0 saturated carbocycles. The Kier molecular flexibility index (Phi) is 5.41. The molecule has 0 heterocycles. The zero-order valence-corrected chi connectivity index (χ0v) is 13.0. The summed E-state index contributed by atoms with van der Waals surface area (Å²) in [5.41, 5.74) is 13.6. The Labute approximate surface area is 118 Å². The normalized spacial score (nSPS) is 13.4. The molecule has 1 unspecified atom stereocenters.